The minimum atomic E-state index is -1.75. The number of carbonyl (C=O) groups is 9. The van der Waals surface area contributed by atoms with Crippen molar-refractivity contribution in [3.05, 3.63) is 59.7 Å². The molecule has 3 rings (SSSR count). The standard InChI is InChI=1S/C42H58N8O15/c1-4-21(2)34(40(62)46-29(42(64)65)17-24-9-13-26(54)14-10-24)48-32(55)19-44-39(61)35(22(3)52)49-37(59)30(20-51)47-38(60)31-6-5-15-50(31)41(63)28(18-33(56)57)45-36(58)27(43)16-23-7-11-25(53)12-8-23/h7-14,21-22,27-31,34-35,51-54H,4-6,15-20,43H2,1-3H3,(H,44,61)(H,45,58)(H,46,62)(H,47,60)(H,48,55)(H,49,59)(H,56,57)(H,64,65)/t21-,22+,27-,28-,29-,30-,31-,34-,35-/m0/s1. The summed E-state index contributed by atoms with van der Waals surface area (Å²) in [7, 11) is 0. The van der Waals surface area contributed by atoms with Crippen molar-refractivity contribution in [2.45, 2.75) is 108 Å². The number of carboxylic acids is 2. The Hall–Kier alpha value is -6.85. The van der Waals surface area contributed by atoms with Crippen molar-refractivity contribution in [3.63, 3.8) is 0 Å². The summed E-state index contributed by atoms with van der Waals surface area (Å²) in [6, 6.07) is 1.20. The summed E-state index contributed by atoms with van der Waals surface area (Å²) >= 11 is 0. The van der Waals surface area contributed by atoms with Gasteiger partial charge in [-0.05, 0) is 67.5 Å². The van der Waals surface area contributed by atoms with Gasteiger partial charge in [-0.15, -0.1) is 0 Å². The number of hydrogen-bond donors (Lipinski definition) is 13. The molecule has 1 saturated heterocycles. The van der Waals surface area contributed by atoms with Crippen LogP contribution in [0.2, 0.25) is 0 Å². The number of aromatic hydroxyl groups is 2. The van der Waals surface area contributed by atoms with Crippen LogP contribution in [0.5, 0.6) is 11.5 Å². The van der Waals surface area contributed by atoms with Gasteiger partial charge in [-0.3, -0.25) is 38.4 Å². The zero-order valence-electron chi connectivity index (χ0n) is 36.1. The molecule has 0 aromatic heterocycles. The number of amides is 7. The molecule has 0 aliphatic carbocycles. The van der Waals surface area contributed by atoms with Crippen LogP contribution in [0.3, 0.4) is 0 Å². The molecule has 0 unspecified atom stereocenters. The SMILES string of the molecule is CC[C@H](C)[C@H](NC(=O)CNC(=O)[C@@H](NC(=O)[C@H](CO)NC(=O)[C@@H]1CCCN1C(=O)[C@H](CC(=O)O)NC(=O)[C@@H](N)Cc1ccc(O)cc1)[C@@H](C)O)C(=O)N[C@@H](Cc1ccc(O)cc1)C(=O)O. The Morgan fingerprint density at radius 3 is 1.82 bits per heavy atom. The number of nitrogens with one attached hydrogen (secondary N) is 6. The first-order valence-electron chi connectivity index (χ1n) is 20.8. The van der Waals surface area contributed by atoms with Crippen molar-refractivity contribution in [1.82, 2.24) is 36.8 Å². The predicted molar refractivity (Wildman–Crippen MR) is 227 cm³/mol. The number of carbonyl (C=O) groups excluding carboxylic acids is 7. The highest BCUT2D eigenvalue weighted by molar-refractivity contribution is 5.98. The average Bonchev–Trinajstić information content (AvgIpc) is 3.76. The molecule has 1 aliphatic heterocycles. The molecule has 1 heterocycles. The summed E-state index contributed by atoms with van der Waals surface area (Å²) in [6.45, 7) is 2.66. The molecule has 0 spiro atoms. The molecule has 356 valence electrons. The van der Waals surface area contributed by atoms with E-state index < -0.39 is 127 Å². The summed E-state index contributed by atoms with van der Waals surface area (Å²) in [4.78, 5) is 118. The van der Waals surface area contributed by atoms with Crippen LogP contribution in [0.4, 0.5) is 0 Å². The van der Waals surface area contributed by atoms with E-state index in [1.807, 2.05) is 0 Å². The summed E-state index contributed by atoms with van der Waals surface area (Å²) in [5.74, 6) is -10.1. The zero-order chi connectivity index (χ0) is 48.5. The van der Waals surface area contributed by atoms with Gasteiger partial charge in [0.1, 0.15) is 47.8 Å². The quantitative estimate of drug-likeness (QED) is 0.0491. The molecule has 9 atom stereocenters. The van der Waals surface area contributed by atoms with Crippen LogP contribution in [0, 0.1) is 5.92 Å². The molecule has 0 radical (unpaired) electrons. The van der Waals surface area contributed by atoms with E-state index in [0.29, 0.717) is 17.5 Å². The molecule has 14 N–H and O–H groups in total. The van der Waals surface area contributed by atoms with E-state index in [0.717, 1.165) is 11.8 Å². The number of aliphatic hydroxyl groups excluding tert-OH is 2. The number of hydrogen-bond acceptors (Lipinski definition) is 14. The summed E-state index contributed by atoms with van der Waals surface area (Å²) in [5.41, 5.74) is 7.09. The van der Waals surface area contributed by atoms with Crippen LogP contribution in [0.25, 0.3) is 0 Å². The number of aliphatic hydroxyl groups is 2. The molecule has 2 aromatic carbocycles. The highest BCUT2D eigenvalue weighted by Gasteiger charge is 2.40. The zero-order valence-corrected chi connectivity index (χ0v) is 36.1. The van der Waals surface area contributed by atoms with Crippen molar-refractivity contribution >= 4 is 53.3 Å². The van der Waals surface area contributed by atoms with E-state index in [2.05, 4.69) is 31.9 Å². The van der Waals surface area contributed by atoms with Crippen molar-refractivity contribution in [2.24, 2.45) is 11.7 Å². The highest BCUT2D eigenvalue weighted by atomic mass is 16.4. The predicted octanol–water partition coefficient (Wildman–Crippen LogP) is -3.28. The third-order valence-electron chi connectivity index (χ3n) is 10.7. The Morgan fingerprint density at radius 2 is 1.29 bits per heavy atom. The third-order valence-corrected chi connectivity index (χ3v) is 10.7. The number of nitrogens with two attached hydrogens (primary N) is 1. The molecule has 2 aromatic rings. The summed E-state index contributed by atoms with van der Waals surface area (Å²) in [5, 5.41) is 72.7. The van der Waals surface area contributed by atoms with Gasteiger partial charge in [0.25, 0.3) is 0 Å². The van der Waals surface area contributed by atoms with E-state index in [-0.39, 0.29) is 43.7 Å². The fraction of sp³-hybridized carbons (Fsp3) is 0.500. The average molecular weight is 915 g/mol. The van der Waals surface area contributed by atoms with Gasteiger partial charge in [0.05, 0.1) is 31.7 Å². The topological polar surface area (TPSA) is 376 Å². The third kappa shape index (κ3) is 16.0. The molecule has 23 heteroatoms. The Bertz CT molecular complexity index is 2020. The first-order chi connectivity index (χ1) is 30.6. The van der Waals surface area contributed by atoms with Crippen molar-refractivity contribution in [3.8, 4) is 11.5 Å². The van der Waals surface area contributed by atoms with Crippen LogP contribution >= 0.6 is 0 Å². The lowest BCUT2D eigenvalue weighted by atomic mass is 9.97. The normalized spacial score (nSPS) is 17.1. The monoisotopic (exact) mass is 914 g/mol. The molecule has 1 fully saturated rings. The van der Waals surface area contributed by atoms with Gasteiger partial charge in [-0.2, -0.15) is 0 Å². The van der Waals surface area contributed by atoms with E-state index in [1.54, 1.807) is 13.8 Å². The fourth-order valence-corrected chi connectivity index (χ4v) is 6.79. The van der Waals surface area contributed by atoms with Crippen molar-refractivity contribution in [1.29, 1.82) is 0 Å². The lowest BCUT2D eigenvalue weighted by Gasteiger charge is -2.30. The molecular formula is C42H58N8O15. The van der Waals surface area contributed by atoms with Crippen molar-refractivity contribution in [2.75, 3.05) is 19.7 Å². The first-order valence-corrected chi connectivity index (χ1v) is 20.8. The summed E-state index contributed by atoms with van der Waals surface area (Å²) in [6.07, 6.45) is -1.94. The minimum absolute atomic E-state index is 0.0152. The second-order valence-corrected chi connectivity index (χ2v) is 15.7. The van der Waals surface area contributed by atoms with Gasteiger partial charge >= 0.3 is 11.9 Å². The smallest absolute Gasteiger partial charge is 0.326 e. The maximum absolute atomic E-state index is 13.6. The molecule has 1 aliphatic rings. The largest absolute Gasteiger partial charge is 0.508 e. The molecule has 65 heavy (non-hydrogen) atoms. The molecule has 0 bridgehead atoms. The lowest BCUT2D eigenvalue weighted by molar-refractivity contribution is -0.146. The molecule has 0 saturated carbocycles. The van der Waals surface area contributed by atoms with Crippen LogP contribution in [-0.4, -0.2) is 157 Å². The Morgan fingerprint density at radius 1 is 0.723 bits per heavy atom. The van der Waals surface area contributed by atoms with E-state index in [1.165, 1.54) is 48.5 Å². The van der Waals surface area contributed by atoms with Gasteiger partial charge in [0.15, 0.2) is 0 Å². The van der Waals surface area contributed by atoms with E-state index >= 15 is 0 Å². The van der Waals surface area contributed by atoms with Crippen LogP contribution in [0.1, 0.15) is 57.6 Å². The number of phenolic OH excluding ortho intramolecular Hbond substituents is 2. The Labute approximate surface area is 373 Å². The molecule has 23 nitrogen and oxygen atoms in total. The number of aliphatic carboxylic acids is 2. The number of nitrogens with zero attached hydrogens (tertiary/aromatic N) is 1. The summed E-state index contributed by atoms with van der Waals surface area (Å²) < 4.78 is 0. The van der Waals surface area contributed by atoms with Gasteiger partial charge in [-0.1, -0.05) is 44.5 Å². The molecule has 7 amide bonds. The van der Waals surface area contributed by atoms with Gasteiger partial charge in [-0.25, -0.2) is 4.79 Å². The number of rotatable bonds is 24. The lowest BCUT2D eigenvalue weighted by Crippen LogP contribution is -2.61. The maximum atomic E-state index is 13.6. The maximum Gasteiger partial charge on any atom is 0.326 e. The van der Waals surface area contributed by atoms with Crippen LogP contribution < -0.4 is 37.6 Å². The second-order valence-electron chi connectivity index (χ2n) is 15.7. The Kier molecular flexibility index (Phi) is 20.1. The van der Waals surface area contributed by atoms with Crippen molar-refractivity contribution < 1.29 is 73.8 Å². The van der Waals surface area contributed by atoms with Crippen LogP contribution in [-0.2, 0) is 56.0 Å². The first kappa shape index (κ1) is 52.5. The minimum Gasteiger partial charge on any atom is -0.508 e. The number of carboxylic acid groups (broad SMARTS) is 2. The van der Waals surface area contributed by atoms with Gasteiger partial charge in [0.2, 0.25) is 41.4 Å². The highest BCUT2D eigenvalue weighted by Crippen LogP contribution is 2.20. The number of benzene rings is 2. The van der Waals surface area contributed by atoms with Crippen LogP contribution in [0.15, 0.2) is 48.5 Å². The van der Waals surface area contributed by atoms with Gasteiger partial charge in [0, 0.05) is 13.0 Å². The van der Waals surface area contributed by atoms with Gasteiger partial charge < -0.3 is 73.2 Å². The second kappa shape index (κ2) is 24.9. The van der Waals surface area contributed by atoms with E-state index in [4.69, 9.17) is 5.73 Å². The number of phenols is 2. The fourth-order valence-electron chi connectivity index (χ4n) is 6.79. The number of likely N-dealkylation sites (tertiary alicyclic amines) is 1. The molecular weight excluding hydrogens is 857 g/mol. The van der Waals surface area contributed by atoms with E-state index in [9.17, 15) is 73.8 Å². The Balaban J connectivity index is 1.61.